The van der Waals surface area contributed by atoms with Gasteiger partial charge in [0, 0.05) is 30.9 Å². The Balaban J connectivity index is 1.45. The van der Waals surface area contributed by atoms with Gasteiger partial charge in [-0.05, 0) is 31.0 Å². The zero-order valence-electron chi connectivity index (χ0n) is 16.1. The number of aromatic nitrogens is 3. The second kappa shape index (κ2) is 8.99. The lowest BCUT2D eigenvalue weighted by molar-refractivity contribution is -0.384. The van der Waals surface area contributed by atoms with Crippen molar-refractivity contribution in [3.8, 4) is 0 Å². The Bertz CT molecular complexity index is 1030. The molecule has 0 aliphatic carbocycles. The summed E-state index contributed by atoms with van der Waals surface area (Å²) < 4.78 is 7.43. The minimum atomic E-state index is -0.499. The average molecular weight is 428 g/mol. The number of non-ortho nitro benzene ring substituents is 1. The SMILES string of the molecule is O=C(CSc1nnc(N2CCCC2)n1Cc1ccco1)Nc1cccc([N+](=O)[O-])c1. The molecule has 10 nitrogen and oxygen atoms in total. The lowest BCUT2D eigenvalue weighted by atomic mass is 10.3. The molecule has 0 spiro atoms. The van der Waals surface area contributed by atoms with Gasteiger partial charge in [0.2, 0.25) is 11.9 Å². The minimum absolute atomic E-state index is 0.0751. The molecule has 0 saturated carbocycles. The average Bonchev–Trinajstić information content (AvgIpc) is 3.49. The summed E-state index contributed by atoms with van der Waals surface area (Å²) >= 11 is 1.26. The molecule has 1 fully saturated rings. The van der Waals surface area contributed by atoms with Gasteiger partial charge in [-0.2, -0.15) is 0 Å². The van der Waals surface area contributed by atoms with E-state index in [4.69, 9.17) is 4.42 Å². The number of anilines is 2. The molecule has 1 aliphatic heterocycles. The van der Waals surface area contributed by atoms with Gasteiger partial charge in [-0.15, -0.1) is 10.2 Å². The second-order valence-electron chi connectivity index (χ2n) is 6.79. The van der Waals surface area contributed by atoms with E-state index in [2.05, 4.69) is 20.4 Å². The van der Waals surface area contributed by atoms with Crippen molar-refractivity contribution in [1.82, 2.24) is 14.8 Å². The number of furan rings is 1. The van der Waals surface area contributed by atoms with Crippen LogP contribution in [0, 0.1) is 10.1 Å². The van der Waals surface area contributed by atoms with Crippen LogP contribution in [0.15, 0.2) is 52.2 Å². The molecule has 4 rings (SSSR count). The fraction of sp³-hybridized carbons (Fsp3) is 0.316. The van der Waals surface area contributed by atoms with Crippen LogP contribution in [0.1, 0.15) is 18.6 Å². The fourth-order valence-electron chi connectivity index (χ4n) is 3.26. The largest absolute Gasteiger partial charge is 0.467 e. The summed E-state index contributed by atoms with van der Waals surface area (Å²) in [6.45, 7) is 2.32. The molecule has 3 heterocycles. The van der Waals surface area contributed by atoms with Crippen molar-refractivity contribution in [2.24, 2.45) is 0 Å². The maximum Gasteiger partial charge on any atom is 0.271 e. The highest BCUT2D eigenvalue weighted by atomic mass is 32.2. The Morgan fingerprint density at radius 1 is 1.23 bits per heavy atom. The van der Waals surface area contributed by atoms with Gasteiger partial charge in [0.25, 0.3) is 5.69 Å². The van der Waals surface area contributed by atoms with E-state index in [1.807, 2.05) is 16.7 Å². The third-order valence-electron chi connectivity index (χ3n) is 4.65. The third-order valence-corrected chi connectivity index (χ3v) is 5.62. The number of benzene rings is 1. The zero-order chi connectivity index (χ0) is 20.9. The predicted molar refractivity (Wildman–Crippen MR) is 112 cm³/mol. The molecule has 0 radical (unpaired) electrons. The van der Waals surface area contributed by atoms with E-state index in [-0.39, 0.29) is 17.3 Å². The topological polar surface area (TPSA) is 119 Å². The summed E-state index contributed by atoms with van der Waals surface area (Å²) in [5, 5.41) is 22.8. The monoisotopic (exact) mass is 428 g/mol. The Hall–Kier alpha value is -3.34. The minimum Gasteiger partial charge on any atom is -0.467 e. The van der Waals surface area contributed by atoms with Gasteiger partial charge in [-0.1, -0.05) is 17.8 Å². The summed E-state index contributed by atoms with van der Waals surface area (Å²) in [5.74, 6) is 1.36. The molecule has 156 valence electrons. The smallest absolute Gasteiger partial charge is 0.271 e. The van der Waals surface area contributed by atoms with Crippen LogP contribution < -0.4 is 10.2 Å². The lowest BCUT2D eigenvalue weighted by Crippen LogP contribution is -2.22. The first-order valence-electron chi connectivity index (χ1n) is 9.48. The maximum absolute atomic E-state index is 12.4. The van der Waals surface area contributed by atoms with Crippen molar-refractivity contribution in [1.29, 1.82) is 0 Å². The van der Waals surface area contributed by atoms with E-state index >= 15 is 0 Å². The fourth-order valence-corrected chi connectivity index (χ4v) is 3.99. The van der Waals surface area contributed by atoms with Crippen molar-refractivity contribution in [3.05, 3.63) is 58.5 Å². The van der Waals surface area contributed by atoms with E-state index in [9.17, 15) is 14.9 Å². The number of thioether (sulfide) groups is 1. The van der Waals surface area contributed by atoms with E-state index in [1.54, 1.807) is 12.3 Å². The normalized spacial score (nSPS) is 13.5. The van der Waals surface area contributed by atoms with Crippen molar-refractivity contribution in [2.45, 2.75) is 24.5 Å². The Labute approximate surface area is 176 Å². The molecule has 3 aromatic rings. The van der Waals surface area contributed by atoms with Gasteiger partial charge in [0.05, 0.1) is 23.5 Å². The first-order chi connectivity index (χ1) is 14.6. The molecule has 1 aromatic carbocycles. The predicted octanol–water partition coefficient (Wildman–Crippen LogP) is 3.16. The zero-order valence-corrected chi connectivity index (χ0v) is 16.9. The molecular weight excluding hydrogens is 408 g/mol. The number of rotatable bonds is 8. The molecular formula is C19H20N6O4S. The van der Waals surface area contributed by atoms with Crippen LogP contribution in [0.5, 0.6) is 0 Å². The standard InChI is InChI=1S/C19H20N6O4S/c26-17(20-14-5-3-6-15(11-14)25(27)28)13-30-19-22-21-18(23-8-1-2-9-23)24(19)12-16-7-4-10-29-16/h3-7,10-11H,1-2,8-9,12-13H2,(H,20,26). The maximum atomic E-state index is 12.4. The molecule has 1 amide bonds. The number of hydrogen-bond donors (Lipinski definition) is 1. The highest BCUT2D eigenvalue weighted by molar-refractivity contribution is 7.99. The van der Waals surface area contributed by atoms with Crippen LogP contribution in [0.4, 0.5) is 17.3 Å². The van der Waals surface area contributed by atoms with E-state index in [0.717, 1.165) is 37.6 Å². The van der Waals surface area contributed by atoms with Crippen molar-refractivity contribution in [2.75, 3.05) is 29.1 Å². The highest BCUT2D eigenvalue weighted by Crippen LogP contribution is 2.26. The molecule has 0 atom stereocenters. The van der Waals surface area contributed by atoms with Crippen molar-refractivity contribution >= 4 is 35.0 Å². The van der Waals surface area contributed by atoms with Crippen LogP contribution in [0.2, 0.25) is 0 Å². The first kappa shape index (κ1) is 20.0. The Morgan fingerprint density at radius 3 is 2.80 bits per heavy atom. The highest BCUT2D eigenvalue weighted by Gasteiger charge is 2.22. The van der Waals surface area contributed by atoms with Gasteiger partial charge >= 0.3 is 0 Å². The molecule has 30 heavy (non-hydrogen) atoms. The summed E-state index contributed by atoms with van der Waals surface area (Å²) in [6, 6.07) is 9.56. The molecule has 0 unspecified atom stereocenters. The third kappa shape index (κ3) is 4.62. The second-order valence-corrected chi connectivity index (χ2v) is 7.73. The summed E-state index contributed by atoms with van der Waals surface area (Å²) in [5.41, 5.74) is 0.304. The number of amides is 1. The van der Waals surface area contributed by atoms with Gasteiger partial charge in [-0.3, -0.25) is 19.5 Å². The van der Waals surface area contributed by atoms with Gasteiger partial charge in [0.1, 0.15) is 5.76 Å². The number of carbonyl (C=O) groups is 1. The van der Waals surface area contributed by atoms with Gasteiger partial charge < -0.3 is 14.6 Å². The van der Waals surface area contributed by atoms with Gasteiger partial charge in [0.15, 0.2) is 5.16 Å². The lowest BCUT2D eigenvalue weighted by Gasteiger charge is -2.17. The Morgan fingerprint density at radius 2 is 2.07 bits per heavy atom. The van der Waals surface area contributed by atoms with Crippen LogP contribution in [-0.2, 0) is 11.3 Å². The number of nitro benzene ring substituents is 1. The molecule has 2 aromatic heterocycles. The van der Waals surface area contributed by atoms with Crippen LogP contribution >= 0.6 is 11.8 Å². The van der Waals surface area contributed by atoms with Crippen LogP contribution in [0.25, 0.3) is 0 Å². The number of nitro groups is 1. The van der Waals surface area contributed by atoms with Crippen LogP contribution in [0.3, 0.4) is 0 Å². The van der Waals surface area contributed by atoms with Crippen LogP contribution in [-0.4, -0.2) is 44.4 Å². The molecule has 0 bridgehead atoms. The summed E-state index contributed by atoms with van der Waals surface area (Å²) in [7, 11) is 0. The Kier molecular flexibility index (Phi) is 5.98. The van der Waals surface area contributed by atoms with Crippen molar-refractivity contribution in [3.63, 3.8) is 0 Å². The summed E-state index contributed by atoms with van der Waals surface area (Å²) in [4.78, 5) is 24.9. The molecule has 1 aliphatic rings. The van der Waals surface area contributed by atoms with E-state index in [1.165, 1.54) is 30.0 Å². The quantitative estimate of drug-likeness (QED) is 0.330. The van der Waals surface area contributed by atoms with E-state index in [0.29, 0.717) is 17.4 Å². The molecule has 11 heteroatoms. The molecule has 1 saturated heterocycles. The van der Waals surface area contributed by atoms with E-state index < -0.39 is 4.92 Å². The van der Waals surface area contributed by atoms with Gasteiger partial charge in [-0.25, -0.2) is 0 Å². The number of hydrogen-bond acceptors (Lipinski definition) is 8. The number of carbonyl (C=O) groups excluding carboxylic acids is 1. The molecule has 1 N–H and O–H groups in total. The first-order valence-corrected chi connectivity index (χ1v) is 10.5. The number of nitrogens with zero attached hydrogens (tertiary/aromatic N) is 5. The summed E-state index contributed by atoms with van der Waals surface area (Å²) in [6.07, 6.45) is 3.85. The van der Waals surface area contributed by atoms with Crippen molar-refractivity contribution < 1.29 is 14.1 Å². The number of nitrogens with one attached hydrogen (secondary N) is 1.